The van der Waals surface area contributed by atoms with Crippen LogP contribution in [0.4, 0.5) is 13.6 Å². The molecule has 0 atom stereocenters. The van der Waals surface area contributed by atoms with Crippen LogP contribution in [0.5, 0.6) is 5.75 Å². The van der Waals surface area contributed by atoms with Crippen LogP contribution in [0.15, 0.2) is 41.3 Å². The third kappa shape index (κ3) is 5.20. The molecule has 6 nitrogen and oxygen atoms in total. The molecule has 1 amide bonds. The third-order valence-corrected chi connectivity index (χ3v) is 7.82. The van der Waals surface area contributed by atoms with Gasteiger partial charge >= 0.3 is 12.7 Å². The molecule has 0 N–H and O–H groups in total. The van der Waals surface area contributed by atoms with Gasteiger partial charge in [-0.2, -0.15) is 8.78 Å². The molecule has 0 saturated heterocycles. The summed E-state index contributed by atoms with van der Waals surface area (Å²) < 4.78 is 40.3. The van der Waals surface area contributed by atoms with Gasteiger partial charge in [0.15, 0.2) is 11.2 Å². The van der Waals surface area contributed by atoms with E-state index in [9.17, 15) is 18.4 Å². The fraction of sp³-hybridized carbons (Fsp3) is 0.500. The molecule has 2 saturated carbocycles. The summed E-state index contributed by atoms with van der Waals surface area (Å²) in [5, 5.41) is 0.377. The van der Waals surface area contributed by atoms with Crippen LogP contribution in [0.1, 0.15) is 83.0 Å². The number of nitrogens with zero attached hydrogens (tertiary/aromatic N) is 2. The Hall–Kier alpha value is -3.42. The van der Waals surface area contributed by atoms with Crippen LogP contribution in [-0.2, 0) is 16.7 Å². The lowest BCUT2D eigenvalue weighted by Crippen LogP contribution is -2.44. The second-order valence-electron chi connectivity index (χ2n) is 12.0. The van der Waals surface area contributed by atoms with Gasteiger partial charge in [0.2, 0.25) is 0 Å². The Bertz CT molecular complexity index is 1510. The van der Waals surface area contributed by atoms with Gasteiger partial charge < -0.3 is 18.9 Å². The summed E-state index contributed by atoms with van der Waals surface area (Å²) in [5.74, 6) is 0.0161. The summed E-state index contributed by atoms with van der Waals surface area (Å²) in [6.07, 6.45) is 5.24. The van der Waals surface area contributed by atoms with Gasteiger partial charge in [-0.05, 0) is 88.3 Å². The minimum atomic E-state index is -3.04. The summed E-state index contributed by atoms with van der Waals surface area (Å²) in [4.78, 5) is 27.7. The number of benzene rings is 2. The average molecular weight is 553 g/mol. The van der Waals surface area contributed by atoms with Crippen molar-refractivity contribution in [3.63, 3.8) is 0 Å². The first-order valence-corrected chi connectivity index (χ1v) is 14.2. The Balaban J connectivity index is 0.00000158. The van der Waals surface area contributed by atoms with Crippen LogP contribution in [0.25, 0.3) is 22.0 Å². The van der Waals surface area contributed by atoms with Gasteiger partial charge in [0.25, 0.3) is 0 Å². The van der Waals surface area contributed by atoms with Crippen molar-refractivity contribution in [3.05, 3.63) is 63.4 Å². The molecule has 40 heavy (non-hydrogen) atoms. The molecular weight excluding hydrogens is 514 g/mol. The zero-order chi connectivity index (χ0) is 29.0. The normalized spacial score (nSPS) is 17.4. The SMILES string of the molecule is CC.Cc1cn(C2CC2)c2c(OC(F)F)c(-c3ccc4c(c3)CN(C(=O)OC(C)(C)C)CC43CC3)ccc2c1=O. The van der Waals surface area contributed by atoms with Crippen molar-refractivity contribution in [2.24, 2.45) is 0 Å². The minimum Gasteiger partial charge on any atom is -0.444 e. The molecule has 0 bridgehead atoms. The largest absolute Gasteiger partial charge is 0.444 e. The molecule has 0 unspecified atom stereocenters. The summed E-state index contributed by atoms with van der Waals surface area (Å²) in [5.41, 5.74) is 3.50. The lowest BCUT2D eigenvalue weighted by atomic mass is 9.85. The van der Waals surface area contributed by atoms with Crippen LogP contribution in [0.3, 0.4) is 0 Å². The van der Waals surface area contributed by atoms with Crippen molar-refractivity contribution in [1.82, 2.24) is 9.47 Å². The number of rotatable bonds is 4. The maximum atomic E-state index is 13.8. The highest BCUT2D eigenvalue weighted by molar-refractivity contribution is 5.93. The molecular formula is C32H38F2N2O4. The van der Waals surface area contributed by atoms with Crippen molar-refractivity contribution in [2.45, 2.75) is 97.4 Å². The van der Waals surface area contributed by atoms with Crippen LogP contribution in [0, 0.1) is 6.92 Å². The van der Waals surface area contributed by atoms with Crippen molar-refractivity contribution < 1.29 is 23.0 Å². The van der Waals surface area contributed by atoms with E-state index in [-0.39, 0.29) is 28.7 Å². The second-order valence-corrected chi connectivity index (χ2v) is 12.0. The van der Waals surface area contributed by atoms with E-state index in [1.165, 1.54) is 5.56 Å². The quantitative estimate of drug-likeness (QED) is 0.332. The van der Waals surface area contributed by atoms with Crippen LogP contribution in [0.2, 0.25) is 0 Å². The van der Waals surface area contributed by atoms with E-state index in [4.69, 9.17) is 9.47 Å². The Morgan fingerprint density at radius 1 is 1.10 bits per heavy atom. The maximum Gasteiger partial charge on any atom is 0.410 e. The zero-order valence-corrected chi connectivity index (χ0v) is 24.1. The molecule has 3 aliphatic rings. The number of fused-ring (bicyclic) bond motifs is 3. The number of hydrogen-bond donors (Lipinski definition) is 0. The number of pyridine rings is 1. The van der Waals surface area contributed by atoms with Gasteiger partial charge in [-0.1, -0.05) is 26.0 Å². The van der Waals surface area contributed by atoms with Crippen molar-refractivity contribution in [3.8, 4) is 16.9 Å². The molecule has 2 fully saturated rings. The molecule has 214 valence electrons. The Labute approximate surface area is 233 Å². The standard InChI is InChI=1S/C30H32F2N2O4.C2H6/c1-17-14-34(20-6-7-20)24-22(25(17)35)9-8-21(26(24)37-27(31)32)18-5-10-23-19(13-18)15-33(16-30(23)11-12-30)28(36)38-29(2,3)4;1-2/h5,8-10,13-14,20,27H,6-7,11-12,15-16H2,1-4H3;1-2H3. The van der Waals surface area contributed by atoms with Gasteiger partial charge in [-0.15, -0.1) is 0 Å². The molecule has 1 spiro atoms. The molecule has 8 heteroatoms. The average Bonchev–Trinajstić information content (AvgIpc) is 3.83. The number of aromatic nitrogens is 1. The van der Waals surface area contributed by atoms with E-state index in [0.717, 1.165) is 31.2 Å². The van der Waals surface area contributed by atoms with Gasteiger partial charge in [0.05, 0.1) is 5.52 Å². The number of aryl methyl sites for hydroxylation is 1. The number of alkyl halides is 2. The summed E-state index contributed by atoms with van der Waals surface area (Å²) in [6, 6.07) is 9.54. The fourth-order valence-electron chi connectivity index (χ4n) is 5.79. The number of amides is 1. The third-order valence-electron chi connectivity index (χ3n) is 7.82. The Morgan fingerprint density at radius 2 is 1.80 bits per heavy atom. The van der Waals surface area contributed by atoms with E-state index in [0.29, 0.717) is 40.7 Å². The lowest BCUT2D eigenvalue weighted by Gasteiger charge is -2.36. The van der Waals surface area contributed by atoms with Gasteiger partial charge in [-0.25, -0.2) is 4.79 Å². The lowest BCUT2D eigenvalue weighted by molar-refractivity contribution is -0.0486. The highest BCUT2D eigenvalue weighted by Gasteiger charge is 2.50. The van der Waals surface area contributed by atoms with Crippen molar-refractivity contribution in [1.29, 1.82) is 0 Å². The number of hydrogen-bond acceptors (Lipinski definition) is 4. The first-order chi connectivity index (χ1) is 19.0. The highest BCUT2D eigenvalue weighted by atomic mass is 19.3. The van der Waals surface area contributed by atoms with Crippen LogP contribution < -0.4 is 10.2 Å². The predicted molar refractivity (Wildman–Crippen MR) is 152 cm³/mol. The highest BCUT2D eigenvalue weighted by Crippen LogP contribution is 2.53. The molecule has 1 aliphatic heterocycles. The topological polar surface area (TPSA) is 60.8 Å². The number of ether oxygens (including phenoxy) is 2. The summed E-state index contributed by atoms with van der Waals surface area (Å²) >= 11 is 0. The molecule has 3 aromatic rings. The Morgan fingerprint density at radius 3 is 2.40 bits per heavy atom. The number of carbonyl (C=O) groups excluding carboxylic acids is 1. The second kappa shape index (κ2) is 10.2. The maximum absolute atomic E-state index is 13.8. The number of halogens is 2. The summed E-state index contributed by atoms with van der Waals surface area (Å²) in [6.45, 7) is 9.23. The molecule has 2 heterocycles. The first-order valence-electron chi connectivity index (χ1n) is 14.2. The fourth-order valence-corrected chi connectivity index (χ4v) is 5.79. The predicted octanol–water partition coefficient (Wildman–Crippen LogP) is 7.72. The van der Waals surface area contributed by atoms with Gasteiger partial charge in [0.1, 0.15) is 5.60 Å². The van der Waals surface area contributed by atoms with Crippen LogP contribution in [-0.4, -0.2) is 34.3 Å². The van der Waals surface area contributed by atoms with Gasteiger partial charge in [-0.3, -0.25) is 4.79 Å². The number of carbonyl (C=O) groups is 1. The van der Waals surface area contributed by atoms with Crippen molar-refractivity contribution >= 4 is 17.0 Å². The first kappa shape index (κ1) is 28.1. The monoisotopic (exact) mass is 552 g/mol. The van der Waals surface area contributed by atoms with Crippen molar-refractivity contribution in [2.75, 3.05) is 6.54 Å². The van der Waals surface area contributed by atoms with E-state index < -0.39 is 12.2 Å². The minimum absolute atomic E-state index is 0.0161. The summed E-state index contributed by atoms with van der Waals surface area (Å²) in [7, 11) is 0. The van der Waals surface area contributed by atoms with Crippen LogP contribution >= 0.6 is 0 Å². The molecule has 6 rings (SSSR count). The van der Waals surface area contributed by atoms with Gasteiger partial charge in [0, 0.05) is 47.3 Å². The van der Waals surface area contributed by atoms with E-state index in [1.54, 1.807) is 30.2 Å². The van der Waals surface area contributed by atoms with E-state index >= 15 is 0 Å². The molecule has 0 radical (unpaired) electrons. The molecule has 1 aromatic heterocycles. The molecule has 2 aromatic carbocycles. The van der Waals surface area contributed by atoms with E-state index in [2.05, 4.69) is 6.07 Å². The smallest absolute Gasteiger partial charge is 0.410 e. The van der Waals surface area contributed by atoms with E-state index in [1.807, 2.05) is 51.3 Å². The molecule has 2 aliphatic carbocycles. The Kier molecular flexibility index (Phi) is 7.17. The zero-order valence-electron chi connectivity index (χ0n) is 24.1.